The minimum absolute atomic E-state index is 0.177. The van der Waals surface area contributed by atoms with Gasteiger partial charge >= 0.3 is 17.9 Å². The number of unbranched alkanes of at least 4 members (excludes halogenated alkanes) is 2. The van der Waals surface area contributed by atoms with Crippen molar-refractivity contribution in [3.05, 3.63) is 31.2 Å². The molecule has 1 aromatic rings. The molecule has 0 aliphatic carbocycles. The Bertz CT molecular complexity index is 1530. The van der Waals surface area contributed by atoms with E-state index in [-0.39, 0.29) is 29.3 Å². The van der Waals surface area contributed by atoms with E-state index in [9.17, 15) is 19.6 Å². The molecule has 8 nitrogen and oxygen atoms in total. The van der Waals surface area contributed by atoms with Gasteiger partial charge in [-0.2, -0.15) is 5.26 Å². The Balaban J connectivity index is 2.34. The van der Waals surface area contributed by atoms with E-state index in [4.69, 9.17) is 20.8 Å². The number of hydrogen-bond donors (Lipinski definition) is 0. The van der Waals surface area contributed by atoms with E-state index in [0.29, 0.717) is 66.7 Å². The molecule has 0 saturated heterocycles. The summed E-state index contributed by atoms with van der Waals surface area (Å²) in [7, 11) is 0. The molecule has 2 heterocycles. The average molecular weight is 745 g/mol. The van der Waals surface area contributed by atoms with Crippen molar-refractivity contribution in [2.24, 2.45) is 17.3 Å². The zero-order valence-corrected chi connectivity index (χ0v) is 33.6. The lowest BCUT2D eigenvalue weighted by Crippen LogP contribution is -2.24. The summed E-state index contributed by atoms with van der Waals surface area (Å²) in [5.41, 5.74) is -0.919. The molecule has 0 N–H and O–H groups in total. The molecule has 3 rings (SSSR count). The molecule has 0 fully saturated rings. The number of hydrogen-bond acceptors (Lipinski definition) is 11. The Morgan fingerprint density at radius 3 is 1.47 bits per heavy atom. The maximum Gasteiger partial charge on any atom is 0.351 e. The van der Waals surface area contributed by atoms with Crippen LogP contribution in [-0.2, 0) is 19.1 Å². The second kappa shape index (κ2) is 17.6. The molecule has 0 bridgehead atoms. The van der Waals surface area contributed by atoms with Crippen molar-refractivity contribution < 1.29 is 28.6 Å². The van der Waals surface area contributed by atoms with Crippen molar-refractivity contribution in [1.29, 1.82) is 5.26 Å². The zero-order valence-electron chi connectivity index (χ0n) is 30.3. The fraction of sp³-hybridized carbons (Fsp3) is 0.595. The highest BCUT2D eigenvalue weighted by molar-refractivity contribution is 8.26. The molecule has 2 atom stereocenters. The van der Waals surface area contributed by atoms with Gasteiger partial charge in [-0.05, 0) is 51.9 Å². The third-order valence-electron chi connectivity index (χ3n) is 7.82. The van der Waals surface area contributed by atoms with Gasteiger partial charge < -0.3 is 14.2 Å². The lowest BCUT2D eigenvalue weighted by molar-refractivity contribution is -0.149. The van der Waals surface area contributed by atoms with Gasteiger partial charge in [0.05, 0.1) is 46.5 Å². The minimum Gasteiger partial charge on any atom is -0.456 e. The number of esters is 3. The Labute approximate surface area is 309 Å². The highest BCUT2D eigenvalue weighted by Crippen LogP contribution is 2.69. The van der Waals surface area contributed by atoms with E-state index in [2.05, 4.69) is 18.7 Å². The molecule has 0 saturated carbocycles. The van der Waals surface area contributed by atoms with Gasteiger partial charge in [0.15, 0.2) is 22.8 Å². The minimum atomic E-state index is -0.825. The van der Waals surface area contributed by atoms with Crippen LogP contribution in [-0.4, -0.2) is 23.5 Å². The van der Waals surface area contributed by atoms with Gasteiger partial charge in [0.2, 0.25) is 0 Å². The van der Waals surface area contributed by atoms with Gasteiger partial charge in [0, 0.05) is 0 Å². The molecular weight excluding hydrogens is 697 g/mol. The molecule has 12 heteroatoms. The van der Waals surface area contributed by atoms with Gasteiger partial charge in [-0.15, -0.1) is 0 Å². The summed E-state index contributed by atoms with van der Waals surface area (Å²) in [6.45, 7) is 27.2. The lowest BCUT2D eigenvalue weighted by Gasteiger charge is -2.20. The van der Waals surface area contributed by atoms with Gasteiger partial charge in [0.1, 0.15) is 11.7 Å². The molecule has 0 amide bonds. The molecule has 2 aliphatic rings. The quantitative estimate of drug-likeness (QED) is 0.0633. The highest BCUT2D eigenvalue weighted by atomic mass is 32.2. The summed E-state index contributed by atoms with van der Waals surface area (Å²) in [5.74, 6) is -1.54. The maximum absolute atomic E-state index is 13.8. The first-order chi connectivity index (χ1) is 23.0. The van der Waals surface area contributed by atoms with Gasteiger partial charge in [0.25, 0.3) is 0 Å². The Morgan fingerprint density at radius 1 is 0.755 bits per heavy atom. The second-order valence-electron chi connectivity index (χ2n) is 14.0. The summed E-state index contributed by atoms with van der Waals surface area (Å²) < 4.78 is 19.3. The zero-order chi connectivity index (χ0) is 36.7. The molecule has 1 aromatic carbocycles. The predicted molar refractivity (Wildman–Crippen MR) is 199 cm³/mol. The first kappa shape index (κ1) is 40.9. The van der Waals surface area contributed by atoms with E-state index in [1.165, 1.54) is 23.5 Å². The Morgan fingerprint density at radius 2 is 1.16 bits per heavy atom. The predicted octanol–water partition coefficient (Wildman–Crippen LogP) is 11.5. The van der Waals surface area contributed by atoms with Crippen molar-refractivity contribution >= 4 is 65.0 Å². The third-order valence-corrected chi connectivity index (χ3v) is 13.0. The standard InChI is InChI=1S/C37H48N2O6S4/c1-12-16-18-21(14-3)31(40)43-24-26-27(47-34(46-26)23(20-38)33(42)45-37(8,9)10)25(44-32(41)22(15-4)19-17-13-2)29-28(24)48-35(49-29)30(39-11)36(5,6)7/h21-22H,12-19H2,1-10H3. The van der Waals surface area contributed by atoms with Crippen LogP contribution < -0.4 is 9.47 Å². The van der Waals surface area contributed by atoms with E-state index in [1.807, 2.05) is 40.7 Å². The van der Waals surface area contributed by atoms with Crippen LogP contribution in [0.15, 0.2) is 39.3 Å². The van der Waals surface area contributed by atoms with Crippen molar-refractivity contribution in [2.45, 2.75) is 146 Å². The summed E-state index contributed by atoms with van der Waals surface area (Å²) >= 11 is 4.94. The number of nitrogens with zero attached hydrogens (tertiary/aromatic N) is 2. The Hall–Kier alpha value is -2.51. The van der Waals surface area contributed by atoms with Gasteiger partial charge in [-0.25, -0.2) is 9.64 Å². The number of carbonyl (C=O) groups is 3. The first-order valence-electron chi connectivity index (χ1n) is 16.9. The molecular formula is C37H48N2O6S4. The van der Waals surface area contributed by atoms with Crippen molar-refractivity contribution in [3.63, 3.8) is 0 Å². The number of carbonyl (C=O) groups excluding carboxylic acids is 3. The smallest absolute Gasteiger partial charge is 0.351 e. The van der Waals surface area contributed by atoms with Crippen LogP contribution in [0.4, 0.5) is 0 Å². The van der Waals surface area contributed by atoms with Crippen molar-refractivity contribution in [3.8, 4) is 17.6 Å². The second-order valence-corrected chi connectivity index (χ2v) is 18.6. The van der Waals surface area contributed by atoms with Crippen LogP contribution in [0.2, 0.25) is 0 Å². The highest BCUT2D eigenvalue weighted by Gasteiger charge is 2.42. The first-order valence-corrected chi connectivity index (χ1v) is 20.2. The van der Waals surface area contributed by atoms with Gasteiger partial charge in [-0.1, -0.05) is 121 Å². The SMILES string of the molecule is [C-]#[N+]C(=C1Sc2c(OC(=O)C(CC)CCCC)c3c(c(OC(=O)C(CC)CCCC)c2S1)SC(=C(C#N)C(=O)OC(C)(C)C)S3)C(C)(C)C. The normalized spacial score (nSPS) is 15.0. The third kappa shape index (κ3) is 10.1. The fourth-order valence-corrected chi connectivity index (χ4v) is 10.8. The topological polar surface area (TPSA) is 107 Å². The van der Waals surface area contributed by atoms with Crippen LogP contribution in [0.25, 0.3) is 4.85 Å². The Kier molecular flexibility index (Phi) is 14.7. The molecule has 49 heavy (non-hydrogen) atoms. The fourth-order valence-electron chi connectivity index (χ4n) is 5.06. The van der Waals surface area contributed by atoms with Crippen molar-refractivity contribution in [1.82, 2.24) is 0 Å². The van der Waals surface area contributed by atoms with E-state index in [1.54, 1.807) is 20.8 Å². The summed E-state index contributed by atoms with van der Waals surface area (Å²) in [4.78, 5) is 46.8. The lowest BCUT2D eigenvalue weighted by atomic mass is 9.93. The van der Waals surface area contributed by atoms with Gasteiger partial charge in [-0.3, -0.25) is 9.59 Å². The number of rotatable bonds is 13. The maximum atomic E-state index is 13.8. The largest absolute Gasteiger partial charge is 0.456 e. The van der Waals surface area contributed by atoms with Crippen LogP contribution >= 0.6 is 47.0 Å². The number of thioether (sulfide) groups is 4. The summed E-state index contributed by atoms with van der Waals surface area (Å²) in [6, 6.07) is 2.02. The monoisotopic (exact) mass is 744 g/mol. The molecule has 266 valence electrons. The number of allylic oxidation sites excluding steroid dienone is 1. The van der Waals surface area contributed by atoms with E-state index in [0.717, 1.165) is 53.4 Å². The summed E-state index contributed by atoms with van der Waals surface area (Å²) in [5, 5.41) is 10.2. The number of nitriles is 1. The van der Waals surface area contributed by atoms with Crippen molar-refractivity contribution in [2.75, 3.05) is 0 Å². The molecule has 0 radical (unpaired) electrons. The van der Waals surface area contributed by atoms with E-state index < -0.39 is 17.0 Å². The molecule has 0 aromatic heterocycles. The summed E-state index contributed by atoms with van der Waals surface area (Å²) in [6.07, 6.45) is 6.24. The number of benzene rings is 1. The number of ether oxygens (including phenoxy) is 3. The molecule has 0 spiro atoms. The van der Waals surface area contributed by atoms with Crippen LogP contribution in [0.5, 0.6) is 11.5 Å². The number of fused-ring (bicyclic) bond motifs is 2. The molecule has 2 aliphatic heterocycles. The van der Waals surface area contributed by atoms with Crippen LogP contribution in [0, 0.1) is 35.2 Å². The van der Waals surface area contributed by atoms with Crippen LogP contribution in [0.1, 0.15) is 121 Å². The molecule has 2 unspecified atom stereocenters. The average Bonchev–Trinajstić information content (AvgIpc) is 3.64. The van der Waals surface area contributed by atoms with E-state index >= 15 is 0 Å². The van der Waals surface area contributed by atoms with Crippen LogP contribution in [0.3, 0.4) is 0 Å².